The van der Waals surface area contributed by atoms with Crippen molar-refractivity contribution in [1.82, 2.24) is 0 Å². The Labute approximate surface area is 230 Å². The molecule has 0 bridgehead atoms. The number of anilines is 2. The molecule has 0 amide bonds. The number of nitro benzene ring substituents is 1. The molecule has 1 aromatic heterocycles. The Morgan fingerprint density at radius 1 is 0.775 bits per heavy atom. The first-order valence-electron chi connectivity index (χ1n) is 13.7. The second-order valence-corrected chi connectivity index (χ2v) is 10.7. The Morgan fingerprint density at radius 3 is 2.23 bits per heavy atom. The van der Waals surface area contributed by atoms with Gasteiger partial charge in [-0.25, -0.2) is 0 Å². The summed E-state index contributed by atoms with van der Waals surface area (Å²) in [6.45, 7) is 2.40. The zero-order chi connectivity index (χ0) is 27.4. The summed E-state index contributed by atoms with van der Waals surface area (Å²) in [6, 6.07) is 25.3. The van der Waals surface area contributed by atoms with Crippen LogP contribution in [-0.4, -0.2) is 18.0 Å². The Hall–Kier alpha value is -4.91. The van der Waals surface area contributed by atoms with Crippen molar-refractivity contribution in [1.29, 1.82) is 0 Å². The molecule has 2 aliphatic heterocycles. The average molecular weight is 530 g/mol. The van der Waals surface area contributed by atoms with Crippen LogP contribution in [0.25, 0.3) is 43.5 Å². The Kier molecular flexibility index (Phi) is 5.66. The van der Waals surface area contributed by atoms with Crippen molar-refractivity contribution in [3.05, 3.63) is 105 Å². The Morgan fingerprint density at radius 2 is 1.45 bits per heavy atom. The first-order chi connectivity index (χ1) is 19.5. The van der Waals surface area contributed by atoms with Gasteiger partial charge in [0.2, 0.25) is 0 Å². The molecule has 0 fully saturated rings. The predicted molar refractivity (Wildman–Crippen MR) is 160 cm³/mol. The molecule has 0 aliphatic carbocycles. The largest absolute Gasteiger partial charge is 0.455 e. The fraction of sp³-hybridized carbons (Fsp3) is 0.182. The first kappa shape index (κ1) is 24.2. The molecule has 0 saturated carbocycles. The van der Waals surface area contributed by atoms with Gasteiger partial charge >= 0.3 is 0 Å². The molecule has 6 aromatic rings. The second-order valence-electron chi connectivity index (χ2n) is 10.7. The van der Waals surface area contributed by atoms with Crippen molar-refractivity contribution in [2.24, 2.45) is 0 Å². The summed E-state index contributed by atoms with van der Waals surface area (Å²) in [4.78, 5) is 12.2. The van der Waals surface area contributed by atoms with Gasteiger partial charge in [0.1, 0.15) is 11.2 Å². The highest BCUT2D eigenvalue weighted by Gasteiger charge is 2.26. The van der Waals surface area contributed by atoms with Crippen LogP contribution in [0.15, 0.2) is 83.3 Å². The van der Waals surface area contributed by atoms with Crippen molar-refractivity contribution < 1.29 is 14.7 Å². The van der Waals surface area contributed by atoms with Crippen molar-refractivity contribution in [3.63, 3.8) is 0 Å². The van der Waals surface area contributed by atoms with Crippen molar-refractivity contribution in [2.75, 3.05) is 23.7 Å². The maximum atomic E-state index is 10.1. The molecule has 7 nitrogen and oxygen atoms in total. The van der Waals surface area contributed by atoms with E-state index in [2.05, 4.69) is 47.4 Å². The minimum atomic E-state index is -0.459. The van der Waals surface area contributed by atoms with E-state index < -0.39 is 4.92 Å². The third-order valence-corrected chi connectivity index (χ3v) is 8.15. The molecule has 0 saturated heterocycles. The van der Waals surface area contributed by atoms with Gasteiger partial charge in [-0.2, -0.15) is 0 Å². The SMILES string of the molecule is Nc1ccc([N+](=O)[O-])cc1.[NH2+]=c1ccc2c(ccc3cc4ccc5c6c7c(cc5c4oc32)CCCN7CCC6)c1. The van der Waals surface area contributed by atoms with Crippen LogP contribution in [0.5, 0.6) is 0 Å². The third-order valence-electron chi connectivity index (χ3n) is 8.15. The standard InChI is InChI=1S/C27H22N2O.C6H6N2O2/c28-20-8-10-21-16(14-20)5-6-18-13-19-7-9-22-23-4-2-12-29-11-1-3-17(25(23)29)15-24(22)27(19)30-26(18)21;7-5-1-3-6(4-2-5)8(9)10/h5-10,13-15,28H,1-4,11-12H2;1-4H,7H2/p+1. The van der Waals surface area contributed by atoms with E-state index in [-0.39, 0.29) is 5.69 Å². The van der Waals surface area contributed by atoms with Crippen LogP contribution >= 0.6 is 0 Å². The van der Waals surface area contributed by atoms with Crippen LogP contribution in [0.2, 0.25) is 0 Å². The van der Waals surface area contributed by atoms with Crippen LogP contribution in [0.3, 0.4) is 0 Å². The Bertz CT molecular complexity index is 2030. The minimum absolute atomic E-state index is 0.0641. The summed E-state index contributed by atoms with van der Waals surface area (Å²) in [5.41, 5.74) is 12.4. The highest BCUT2D eigenvalue weighted by molar-refractivity contribution is 6.12. The summed E-state index contributed by atoms with van der Waals surface area (Å²) in [6.07, 6.45) is 4.82. The maximum absolute atomic E-state index is 10.1. The lowest BCUT2D eigenvalue weighted by atomic mass is 9.87. The number of non-ortho nitro benzene ring substituents is 1. The molecule has 4 N–H and O–H groups in total. The number of benzene rings is 5. The number of fused-ring (bicyclic) bond motifs is 7. The Balaban J connectivity index is 0.000000226. The third kappa shape index (κ3) is 4.02. The van der Waals surface area contributed by atoms with E-state index in [0.29, 0.717) is 5.69 Å². The lowest BCUT2D eigenvalue weighted by Gasteiger charge is -2.37. The topological polar surface area (TPSA) is 111 Å². The van der Waals surface area contributed by atoms with Gasteiger partial charge in [-0.05, 0) is 77.9 Å². The molecule has 40 heavy (non-hydrogen) atoms. The quantitative estimate of drug-likeness (QED) is 0.0970. The molecule has 7 heteroatoms. The normalized spacial score (nSPS) is 14.2. The highest BCUT2D eigenvalue weighted by atomic mass is 16.6. The van der Waals surface area contributed by atoms with Crippen LogP contribution in [0, 0.1) is 10.1 Å². The van der Waals surface area contributed by atoms with Gasteiger partial charge in [0.25, 0.3) is 5.69 Å². The van der Waals surface area contributed by atoms with Gasteiger partial charge < -0.3 is 15.1 Å². The number of aryl methyl sites for hydroxylation is 2. The van der Waals surface area contributed by atoms with E-state index >= 15 is 0 Å². The fourth-order valence-corrected chi connectivity index (χ4v) is 6.32. The van der Waals surface area contributed by atoms with Gasteiger partial charge in [0.15, 0.2) is 5.36 Å². The molecular formula is C33H29N4O3+. The zero-order valence-electron chi connectivity index (χ0n) is 22.0. The molecule has 0 radical (unpaired) electrons. The summed E-state index contributed by atoms with van der Waals surface area (Å²) in [7, 11) is 0. The molecule has 5 aromatic carbocycles. The average Bonchev–Trinajstić information content (AvgIpc) is 2.97. The van der Waals surface area contributed by atoms with E-state index in [1.54, 1.807) is 0 Å². The number of hydrogen-bond acceptors (Lipinski definition) is 5. The lowest BCUT2D eigenvalue weighted by molar-refractivity contribution is -0.384. The van der Waals surface area contributed by atoms with E-state index in [0.717, 1.165) is 39.1 Å². The summed E-state index contributed by atoms with van der Waals surface area (Å²) >= 11 is 0. The predicted octanol–water partition coefficient (Wildman–Crippen LogP) is 5.43. The summed E-state index contributed by atoms with van der Waals surface area (Å²) in [5.74, 6) is 0. The van der Waals surface area contributed by atoms with Crippen molar-refractivity contribution in [3.8, 4) is 0 Å². The summed E-state index contributed by atoms with van der Waals surface area (Å²) in [5, 5.41) is 24.0. The molecular weight excluding hydrogens is 500 g/mol. The lowest BCUT2D eigenvalue weighted by Crippen LogP contribution is -2.44. The smallest absolute Gasteiger partial charge is 0.269 e. The number of rotatable bonds is 1. The molecule has 198 valence electrons. The number of nitro groups is 1. The first-order valence-corrected chi connectivity index (χ1v) is 13.7. The van der Waals surface area contributed by atoms with Crippen molar-refractivity contribution in [2.45, 2.75) is 25.7 Å². The van der Waals surface area contributed by atoms with E-state index in [4.69, 9.17) is 15.6 Å². The van der Waals surface area contributed by atoms with Gasteiger partial charge in [-0.3, -0.25) is 15.5 Å². The maximum Gasteiger partial charge on any atom is 0.269 e. The molecule has 8 rings (SSSR count). The number of nitrogens with zero attached hydrogens (tertiary/aromatic N) is 2. The fourth-order valence-electron chi connectivity index (χ4n) is 6.32. The van der Waals surface area contributed by atoms with Gasteiger partial charge in [0, 0.05) is 70.3 Å². The van der Waals surface area contributed by atoms with E-state index in [9.17, 15) is 10.1 Å². The van der Waals surface area contributed by atoms with E-state index in [1.165, 1.54) is 89.6 Å². The molecule has 0 unspecified atom stereocenters. The van der Waals surface area contributed by atoms with Crippen LogP contribution in [0.1, 0.15) is 24.0 Å². The number of nitrogen functional groups attached to an aromatic ring is 1. The second kappa shape index (κ2) is 9.38. The zero-order valence-corrected chi connectivity index (χ0v) is 22.0. The molecule has 0 atom stereocenters. The molecule has 3 heterocycles. The number of nitrogens with two attached hydrogens (primary N) is 2. The number of hydrogen-bond donors (Lipinski definition) is 2. The van der Waals surface area contributed by atoms with Gasteiger partial charge in [-0.1, -0.05) is 24.3 Å². The van der Waals surface area contributed by atoms with E-state index in [1.807, 2.05) is 12.1 Å². The van der Waals surface area contributed by atoms with Crippen molar-refractivity contribution >= 4 is 60.5 Å². The summed E-state index contributed by atoms with van der Waals surface area (Å²) < 4.78 is 6.69. The molecule has 0 spiro atoms. The van der Waals surface area contributed by atoms with Crippen LogP contribution in [0.4, 0.5) is 17.1 Å². The van der Waals surface area contributed by atoms with Crippen LogP contribution in [-0.2, 0) is 12.8 Å². The van der Waals surface area contributed by atoms with Gasteiger partial charge in [0.05, 0.1) is 4.92 Å². The monoisotopic (exact) mass is 529 g/mol. The van der Waals surface area contributed by atoms with Crippen LogP contribution < -0.4 is 21.4 Å². The minimum Gasteiger partial charge on any atom is -0.455 e. The molecule has 2 aliphatic rings. The van der Waals surface area contributed by atoms with Gasteiger partial charge in [-0.15, -0.1) is 0 Å². The highest BCUT2D eigenvalue weighted by Crippen LogP contribution is 2.42.